The topological polar surface area (TPSA) is 23.8 Å². The van der Waals surface area contributed by atoms with Gasteiger partial charge in [0, 0.05) is 0 Å². The molecule has 2 aromatic rings. The van der Waals surface area contributed by atoms with Crippen molar-refractivity contribution in [2.24, 2.45) is 0 Å². The molecule has 0 radical (unpaired) electrons. The summed E-state index contributed by atoms with van der Waals surface area (Å²) in [6, 6.07) is 18.3. The minimum atomic E-state index is 0.696. The van der Waals surface area contributed by atoms with E-state index >= 15 is 0 Å². The van der Waals surface area contributed by atoms with Crippen LogP contribution >= 0.6 is 0 Å². The highest BCUT2D eigenvalue weighted by molar-refractivity contribution is 5.64. The number of nitriles is 1. The zero-order valence-corrected chi connectivity index (χ0v) is 10.3. The Kier molecular flexibility index (Phi) is 3.94. The average molecular weight is 233 g/mol. The molecule has 0 saturated heterocycles. The Labute approximate surface area is 108 Å². The smallest absolute Gasteiger partial charge is 0.0991 e. The largest absolute Gasteiger partial charge is 0.192 e. The zero-order chi connectivity index (χ0) is 12.8. The van der Waals surface area contributed by atoms with E-state index in [1.165, 1.54) is 11.1 Å². The Balaban J connectivity index is 2.18. The van der Waals surface area contributed by atoms with Gasteiger partial charge in [0.25, 0.3) is 0 Å². The van der Waals surface area contributed by atoms with Gasteiger partial charge in [0.15, 0.2) is 0 Å². The number of rotatable bonds is 4. The molecule has 0 fully saturated rings. The van der Waals surface area contributed by atoms with Crippen molar-refractivity contribution in [3.63, 3.8) is 0 Å². The maximum absolute atomic E-state index is 8.76. The summed E-state index contributed by atoms with van der Waals surface area (Å²) in [4.78, 5) is 0. The van der Waals surface area contributed by atoms with Crippen molar-refractivity contribution >= 4 is 0 Å². The van der Waals surface area contributed by atoms with Crippen molar-refractivity contribution in [2.45, 2.75) is 12.8 Å². The van der Waals surface area contributed by atoms with Crippen LogP contribution in [0, 0.1) is 11.3 Å². The lowest BCUT2D eigenvalue weighted by molar-refractivity contribution is 1.00. The summed E-state index contributed by atoms with van der Waals surface area (Å²) in [7, 11) is 0. The lowest BCUT2D eigenvalue weighted by Crippen LogP contribution is -1.84. The van der Waals surface area contributed by atoms with Gasteiger partial charge in [-0.05, 0) is 41.7 Å². The van der Waals surface area contributed by atoms with Gasteiger partial charge < -0.3 is 0 Å². The van der Waals surface area contributed by atoms with Crippen LogP contribution < -0.4 is 0 Å². The molecule has 1 heteroatoms. The number of benzene rings is 2. The number of nitrogens with zero attached hydrogens (tertiary/aromatic N) is 1. The van der Waals surface area contributed by atoms with Gasteiger partial charge in [-0.1, -0.05) is 42.5 Å². The second-order valence-electron chi connectivity index (χ2n) is 4.21. The molecule has 0 spiro atoms. The summed E-state index contributed by atoms with van der Waals surface area (Å²) in [5, 5.41) is 8.76. The normalized spacial score (nSPS) is 9.72. The van der Waals surface area contributed by atoms with Gasteiger partial charge in [-0.25, -0.2) is 0 Å². The highest BCUT2D eigenvalue weighted by Crippen LogP contribution is 2.20. The van der Waals surface area contributed by atoms with Crippen molar-refractivity contribution < 1.29 is 0 Å². The quantitative estimate of drug-likeness (QED) is 0.720. The van der Waals surface area contributed by atoms with Crippen LogP contribution in [-0.4, -0.2) is 0 Å². The molecule has 0 heterocycles. The summed E-state index contributed by atoms with van der Waals surface area (Å²) < 4.78 is 0. The predicted molar refractivity (Wildman–Crippen MR) is 75.1 cm³/mol. The first-order valence-corrected chi connectivity index (χ1v) is 6.04. The molecule has 0 N–H and O–H groups in total. The van der Waals surface area contributed by atoms with Crippen LogP contribution in [0.1, 0.15) is 17.5 Å². The van der Waals surface area contributed by atoms with E-state index in [1.54, 1.807) is 0 Å². The first-order chi connectivity index (χ1) is 8.83. The van der Waals surface area contributed by atoms with Gasteiger partial charge >= 0.3 is 0 Å². The van der Waals surface area contributed by atoms with Crippen molar-refractivity contribution in [1.82, 2.24) is 0 Å². The Morgan fingerprint density at radius 1 is 0.944 bits per heavy atom. The Morgan fingerprint density at radius 3 is 2.00 bits per heavy atom. The Hall–Kier alpha value is -2.33. The van der Waals surface area contributed by atoms with Gasteiger partial charge in [-0.15, -0.1) is 6.58 Å². The standard InChI is InChI=1S/C17H15N/c1-2-3-4-14-5-9-16(10-6-14)17-11-7-15(13-18)8-12-17/h2,5-12H,1,3-4H2. The second kappa shape index (κ2) is 5.84. The van der Waals surface area contributed by atoms with Crippen molar-refractivity contribution in [3.8, 4) is 17.2 Å². The predicted octanol–water partition coefficient (Wildman–Crippen LogP) is 4.34. The van der Waals surface area contributed by atoms with Crippen molar-refractivity contribution in [3.05, 3.63) is 72.3 Å². The van der Waals surface area contributed by atoms with Gasteiger partial charge in [0.1, 0.15) is 0 Å². The van der Waals surface area contributed by atoms with Crippen LogP contribution in [0.5, 0.6) is 0 Å². The molecular weight excluding hydrogens is 218 g/mol. The second-order valence-corrected chi connectivity index (χ2v) is 4.21. The highest BCUT2D eigenvalue weighted by atomic mass is 14.2. The fourth-order valence-electron chi connectivity index (χ4n) is 1.87. The highest BCUT2D eigenvalue weighted by Gasteiger charge is 1.98. The van der Waals surface area contributed by atoms with Gasteiger partial charge in [-0.2, -0.15) is 5.26 Å². The van der Waals surface area contributed by atoms with E-state index in [2.05, 4.69) is 36.9 Å². The fraction of sp³-hybridized carbons (Fsp3) is 0.118. The lowest BCUT2D eigenvalue weighted by atomic mass is 10.0. The third kappa shape index (κ3) is 2.87. The lowest BCUT2D eigenvalue weighted by Gasteiger charge is -2.04. The zero-order valence-electron chi connectivity index (χ0n) is 10.3. The van der Waals surface area contributed by atoms with E-state index in [-0.39, 0.29) is 0 Å². The molecule has 88 valence electrons. The van der Waals surface area contributed by atoms with E-state index in [9.17, 15) is 0 Å². The van der Waals surface area contributed by atoms with Gasteiger partial charge in [0.05, 0.1) is 11.6 Å². The van der Waals surface area contributed by atoms with Crippen LogP contribution in [0.2, 0.25) is 0 Å². The molecule has 0 bridgehead atoms. The van der Waals surface area contributed by atoms with Crippen molar-refractivity contribution in [1.29, 1.82) is 5.26 Å². The third-order valence-corrected chi connectivity index (χ3v) is 2.94. The SMILES string of the molecule is C=CCCc1ccc(-c2ccc(C#N)cc2)cc1. The molecule has 1 nitrogen and oxygen atoms in total. The molecule has 0 aliphatic heterocycles. The number of hydrogen-bond acceptors (Lipinski definition) is 1. The van der Waals surface area contributed by atoms with Crippen molar-refractivity contribution in [2.75, 3.05) is 0 Å². The number of aryl methyl sites for hydroxylation is 1. The van der Waals surface area contributed by atoms with Crippen LogP contribution in [0.15, 0.2) is 61.2 Å². The minimum absolute atomic E-state index is 0.696. The first kappa shape index (κ1) is 12.1. The molecule has 0 atom stereocenters. The van der Waals surface area contributed by atoms with E-state index in [4.69, 9.17) is 5.26 Å². The summed E-state index contributed by atoms with van der Waals surface area (Å²) in [5.74, 6) is 0. The summed E-state index contributed by atoms with van der Waals surface area (Å²) in [6.45, 7) is 3.73. The molecule has 0 aliphatic rings. The van der Waals surface area contributed by atoms with Crippen LogP contribution in [0.25, 0.3) is 11.1 Å². The Bertz CT molecular complexity index is 556. The fourth-order valence-corrected chi connectivity index (χ4v) is 1.87. The van der Waals surface area contributed by atoms with Crippen LogP contribution in [0.4, 0.5) is 0 Å². The number of hydrogen-bond donors (Lipinski definition) is 0. The molecule has 0 aliphatic carbocycles. The van der Waals surface area contributed by atoms with E-state index in [1.807, 2.05) is 30.3 Å². The molecule has 0 saturated carbocycles. The Morgan fingerprint density at radius 2 is 1.50 bits per heavy atom. The molecule has 0 amide bonds. The monoisotopic (exact) mass is 233 g/mol. The summed E-state index contributed by atoms with van der Waals surface area (Å²) >= 11 is 0. The first-order valence-electron chi connectivity index (χ1n) is 6.04. The van der Waals surface area contributed by atoms with Crippen LogP contribution in [-0.2, 0) is 6.42 Å². The maximum atomic E-state index is 8.76. The molecule has 2 rings (SSSR count). The minimum Gasteiger partial charge on any atom is -0.192 e. The molecule has 0 aromatic heterocycles. The van der Waals surface area contributed by atoms with E-state index in [0.29, 0.717) is 5.56 Å². The third-order valence-electron chi connectivity index (χ3n) is 2.94. The maximum Gasteiger partial charge on any atom is 0.0991 e. The van der Waals surface area contributed by atoms with Gasteiger partial charge in [0.2, 0.25) is 0 Å². The molecule has 0 unspecified atom stereocenters. The summed E-state index contributed by atoms with van der Waals surface area (Å²) in [6.07, 6.45) is 3.99. The van der Waals surface area contributed by atoms with Crippen LogP contribution in [0.3, 0.4) is 0 Å². The molecule has 2 aromatic carbocycles. The van der Waals surface area contributed by atoms with E-state index < -0.39 is 0 Å². The van der Waals surface area contributed by atoms with Gasteiger partial charge in [-0.3, -0.25) is 0 Å². The number of allylic oxidation sites excluding steroid dienone is 1. The van der Waals surface area contributed by atoms with E-state index in [0.717, 1.165) is 18.4 Å². The average Bonchev–Trinajstić information content (AvgIpc) is 2.46. The molecular formula is C17H15N. The summed E-state index contributed by atoms with van der Waals surface area (Å²) in [5.41, 5.74) is 4.35. The molecule has 18 heavy (non-hydrogen) atoms.